The van der Waals surface area contributed by atoms with Gasteiger partial charge >= 0.3 is 5.69 Å². The van der Waals surface area contributed by atoms with Crippen LogP contribution in [0.4, 0.5) is 44.2 Å². The van der Waals surface area contributed by atoms with E-state index in [2.05, 4.69) is 132 Å². The molecule has 10 aliphatic rings. The van der Waals surface area contributed by atoms with Gasteiger partial charge in [0.1, 0.15) is 17.3 Å². The van der Waals surface area contributed by atoms with Gasteiger partial charge in [-0.05, 0) is 214 Å². The Hall–Kier alpha value is -10.2. The standard InChI is InChI=1S/C21H22N6O.C21H21N3O.C14H20N2O.C8H13NO.C7H3FN2O2.C6H7NO/c1-26-14-7-8-15(26)12-16(11-14)27-17-4-2-3-5-19(17)28-20-10-13(6-9-18(20)27)21-22-24-25-23-21;1-23-15-7-8-16(23)12-17(11-15)24-18-4-2-3-5-20(18)25-21-10-14(13-22)6-9-19(21)24;1-16-11-6-7-12(16)9-10(8-11)15-13-4-2-3-5-14(13)17;1-9-6-2-3-7(9)5-8(10)4-6;8-6-2-1-5(4-9)3-7(6)10(11)12;7-5-3-1-2-4-6(5)8/h2-6,9-10,14-16H,7-8,11-12H2,1H3,(H,22,23,24,25);2-6,9-10,15-17H,7-8,11-12H2,1H3;2-5,10-12,15,17H,6-9H2,1H3;6-7H,2-5H2,1H3;1-3H;1-4,8H,7H2. The number of H-pyrrole nitrogens is 1. The molecule has 0 spiro atoms. The fraction of sp³-hybridized carbons (Fsp3) is 0.403. The van der Waals surface area contributed by atoms with Gasteiger partial charge in [0.05, 0.1) is 62.3 Å². The fourth-order valence-corrected chi connectivity index (χ4v) is 16.8. The maximum Gasteiger partial charge on any atom is 0.306 e. The number of Topliss-reactive ketones (excluding diaryl/α,β-unsaturated/α-hetero) is 1. The molecule has 100 heavy (non-hydrogen) atoms. The lowest BCUT2D eigenvalue weighted by molar-refractivity contribution is -0.387. The molecule has 8 bridgehead atoms. The van der Waals surface area contributed by atoms with Gasteiger partial charge in [-0.15, -0.1) is 10.2 Å². The van der Waals surface area contributed by atoms with Crippen LogP contribution in [0.2, 0.25) is 0 Å². The number of rotatable bonds is 6. The van der Waals surface area contributed by atoms with Crippen LogP contribution in [-0.2, 0) is 4.79 Å². The highest BCUT2D eigenvalue weighted by atomic mass is 19.1. The Morgan fingerprint density at radius 2 is 0.990 bits per heavy atom. The maximum atomic E-state index is 12.6. The first-order chi connectivity index (χ1) is 48.5. The van der Waals surface area contributed by atoms with Crippen molar-refractivity contribution in [2.45, 2.75) is 169 Å². The van der Waals surface area contributed by atoms with Crippen LogP contribution in [0.1, 0.15) is 114 Å². The summed E-state index contributed by atoms with van der Waals surface area (Å²) in [5, 5.41) is 64.2. The number of hydrogen-bond donors (Lipinski definition) is 5. The zero-order chi connectivity index (χ0) is 69.7. The molecule has 8 fully saturated rings. The Kier molecular flexibility index (Phi) is 20.6. The summed E-state index contributed by atoms with van der Waals surface area (Å²) in [4.78, 5) is 35.4. The molecule has 8 atom stereocenters. The van der Waals surface area contributed by atoms with E-state index in [4.69, 9.17) is 25.6 Å². The largest absolute Gasteiger partial charge is 0.506 e. The molecule has 11 heterocycles. The Morgan fingerprint density at radius 3 is 1.48 bits per heavy atom. The molecular formula is C77H86FN15O7. The van der Waals surface area contributed by atoms with Gasteiger partial charge in [-0.1, -0.05) is 48.5 Å². The van der Waals surface area contributed by atoms with Crippen molar-refractivity contribution in [3.63, 3.8) is 0 Å². The molecule has 518 valence electrons. The number of ether oxygens (including phenoxy) is 2. The maximum absolute atomic E-state index is 12.6. The Balaban J connectivity index is 0.000000114. The molecule has 10 aliphatic heterocycles. The van der Waals surface area contributed by atoms with Gasteiger partial charge in [-0.2, -0.15) is 20.1 Å². The van der Waals surface area contributed by atoms with Crippen LogP contribution in [-0.4, -0.2) is 156 Å². The van der Waals surface area contributed by atoms with E-state index in [9.17, 15) is 29.7 Å². The number of nitriles is 2. The van der Waals surface area contributed by atoms with Crippen molar-refractivity contribution in [1.29, 1.82) is 10.5 Å². The normalized spacial score (nSPS) is 25.5. The number of phenolic OH excluding ortho intramolecular Hbond substituents is 2. The number of aromatic hydroxyl groups is 2. The van der Waals surface area contributed by atoms with Crippen LogP contribution < -0.4 is 30.3 Å². The van der Waals surface area contributed by atoms with Gasteiger partial charge in [-0.3, -0.25) is 19.8 Å². The zero-order valence-corrected chi connectivity index (χ0v) is 56.9. The molecule has 0 amide bonds. The van der Waals surface area contributed by atoms with Crippen molar-refractivity contribution in [1.82, 2.24) is 40.2 Å². The molecule has 8 aromatic rings. The summed E-state index contributed by atoms with van der Waals surface area (Å²) in [7, 11) is 8.96. The van der Waals surface area contributed by atoms with E-state index in [0.717, 1.165) is 94.1 Å². The highest BCUT2D eigenvalue weighted by Crippen LogP contribution is 2.53. The van der Waals surface area contributed by atoms with Gasteiger partial charge in [0, 0.05) is 97.0 Å². The molecule has 8 saturated heterocycles. The molecular weight excluding hydrogens is 1270 g/mol. The lowest BCUT2D eigenvalue weighted by Gasteiger charge is -2.44. The first-order valence-corrected chi connectivity index (χ1v) is 34.8. The second kappa shape index (κ2) is 30.1. The molecule has 0 radical (unpaired) electrons. The van der Waals surface area contributed by atoms with Crippen LogP contribution in [0, 0.1) is 38.6 Å². The minimum absolute atomic E-state index is 0.0723. The molecule has 1 aromatic heterocycles. The number of carbonyl (C=O) groups is 1. The molecule has 8 unspecified atom stereocenters. The first-order valence-electron chi connectivity index (χ1n) is 34.8. The number of fused-ring (bicyclic) bond motifs is 12. The highest BCUT2D eigenvalue weighted by molar-refractivity contribution is 5.82. The van der Waals surface area contributed by atoms with E-state index in [1.54, 1.807) is 36.4 Å². The number of piperidine rings is 4. The van der Waals surface area contributed by atoms with Gasteiger partial charge in [0.25, 0.3) is 0 Å². The number of anilines is 6. The molecule has 22 nitrogen and oxygen atoms in total. The third-order valence-corrected chi connectivity index (χ3v) is 22.2. The zero-order valence-electron chi connectivity index (χ0n) is 56.9. The van der Waals surface area contributed by atoms with E-state index < -0.39 is 16.4 Å². The number of aromatic nitrogens is 4. The number of aromatic amines is 1. The lowest BCUT2D eigenvalue weighted by atomic mass is 9.94. The predicted molar refractivity (Wildman–Crippen MR) is 382 cm³/mol. The number of nitrogen functional groups attached to an aromatic ring is 1. The number of carbonyl (C=O) groups excluding carboxylic acids is 1. The number of ketones is 1. The fourth-order valence-electron chi connectivity index (χ4n) is 16.8. The third kappa shape index (κ3) is 14.8. The molecule has 0 saturated carbocycles. The summed E-state index contributed by atoms with van der Waals surface area (Å²) >= 11 is 0. The average Bonchev–Trinajstić information content (AvgIpc) is 1.43. The summed E-state index contributed by atoms with van der Waals surface area (Å²) in [5.41, 5.74) is 12.0. The number of phenols is 2. The molecule has 23 heteroatoms. The number of nitrogens with zero attached hydrogens (tertiary/aromatic N) is 12. The van der Waals surface area contributed by atoms with E-state index in [1.807, 2.05) is 60.7 Å². The van der Waals surface area contributed by atoms with Gasteiger partial charge in [0.2, 0.25) is 11.6 Å². The first kappa shape index (κ1) is 68.4. The second-order valence-corrected chi connectivity index (χ2v) is 27.9. The number of nitro groups is 1. The number of benzene rings is 7. The van der Waals surface area contributed by atoms with E-state index in [-0.39, 0.29) is 11.3 Å². The molecule has 7 aromatic carbocycles. The van der Waals surface area contributed by atoms with Crippen LogP contribution in [0.25, 0.3) is 11.4 Å². The van der Waals surface area contributed by atoms with Gasteiger partial charge < -0.3 is 55.2 Å². The number of nitrogens with two attached hydrogens (primary N) is 1. The van der Waals surface area contributed by atoms with E-state index in [1.165, 1.54) is 96.0 Å². The Morgan fingerprint density at radius 1 is 0.550 bits per heavy atom. The third-order valence-electron chi connectivity index (χ3n) is 22.2. The summed E-state index contributed by atoms with van der Waals surface area (Å²) in [6.07, 6.45) is 19.2. The Bertz CT molecular complexity index is 4240. The summed E-state index contributed by atoms with van der Waals surface area (Å²) < 4.78 is 25.0. The molecule has 18 rings (SSSR count). The van der Waals surface area contributed by atoms with Crippen LogP contribution >= 0.6 is 0 Å². The lowest BCUT2D eigenvalue weighted by Crippen LogP contribution is -2.48. The SMILES string of the molecule is CN1C2CCC1CC(=O)C2.CN1C2CCC1CC(N1c3ccccc3Oc3cc(-c4nn[nH]n4)ccc31)C2.CN1C2CCC1CC(N1c3ccccc3Oc3cc(C#N)ccc31)C2.CN1C2CCC1CC(Nc1ccccc1O)C2.N#Cc1ccc(F)c([N+](=O)[O-])c1.Nc1ccccc1O. The van der Waals surface area contributed by atoms with Gasteiger partial charge in [0.15, 0.2) is 23.0 Å². The summed E-state index contributed by atoms with van der Waals surface area (Å²) in [6, 6.07) is 56.6. The predicted octanol–water partition coefficient (Wildman–Crippen LogP) is 14.0. The molecule has 0 aliphatic carbocycles. The van der Waals surface area contributed by atoms with Crippen molar-refractivity contribution in [3.05, 3.63) is 179 Å². The van der Waals surface area contributed by atoms with Crippen molar-refractivity contribution in [3.8, 4) is 58.0 Å². The van der Waals surface area contributed by atoms with Crippen LogP contribution in [0.5, 0.6) is 34.5 Å². The van der Waals surface area contributed by atoms with Crippen molar-refractivity contribution in [2.75, 3.05) is 49.0 Å². The number of nitro benzene ring substituents is 1. The van der Waals surface area contributed by atoms with Crippen molar-refractivity contribution < 1.29 is 33.8 Å². The van der Waals surface area contributed by atoms with Gasteiger partial charge in [-0.25, -0.2) is 0 Å². The van der Waals surface area contributed by atoms with Crippen molar-refractivity contribution >= 4 is 45.6 Å². The summed E-state index contributed by atoms with van der Waals surface area (Å²) in [6.45, 7) is 0. The highest BCUT2D eigenvalue weighted by Gasteiger charge is 2.45. The molecule has 6 N–H and O–H groups in total. The summed E-state index contributed by atoms with van der Waals surface area (Å²) in [5.74, 6) is 4.07. The number of tetrazole rings is 1. The van der Waals surface area contributed by atoms with Crippen LogP contribution in [0.15, 0.2) is 152 Å². The van der Waals surface area contributed by atoms with Crippen LogP contribution in [0.3, 0.4) is 0 Å². The smallest absolute Gasteiger partial charge is 0.306 e. The van der Waals surface area contributed by atoms with Crippen molar-refractivity contribution in [2.24, 2.45) is 0 Å². The second-order valence-electron chi connectivity index (χ2n) is 27.9. The number of para-hydroxylation sites is 8. The average molecular weight is 1350 g/mol. The minimum Gasteiger partial charge on any atom is -0.506 e. The number of halogens is 1. The van der Waals surface area contributed by atoms with E-state index >= 15 is 0 Å². The number of hydrogen-bond acceptors (Lipinski definition) is 20. The minimum atomic E-state index is -0.931. The number of nitrogens with one attached hydrogen (secondary N) is 2. The monoisotopic (exact) mass is 1350 g/mol. The van der Waals surface area contributed by atoms with E-state index in [0.29, 0.717) is 83.0 Å². The quantitative estimate of drug-likeness (QED) is 0.0448. The topological polar surface area (TPSA) is 279 Å². The Labute approximate surface area is 582 Å².